The Labute approximate surface area is 154 Å². The van der Waals surface area contributed by atoms with Gasteiger partial charge in [-0.2, -0.15) is 5.10 Å². The Kier molecular flexibility index (Phi) is 4.12. The molecule has 0 unspecified atom stereocenters. The van der Waals surface area contributed by atoms with Crippen molar-refractivity contribution in [3.8, 4) is 5.75 Å². The minimum Gasteiger partial charge on any atom is -0.497 e. The molecule has 4 aromatic rings. The lowest BCUT2D eigenvalue weighted by atomic mass is 10.1. The maximum Gasteiger partial charge on any atom is 0.277 e. The average Bonchev–Trinajstić information content (AvgIpc) is 3.19. The summed E-state index contributed by atoms with van der Waals surface area (Å²) in [5.74, 6) is 0.464. The van der Waals surface area contributed by atoms with Gasteiger partial charge in [-0.3, -0.25) is 9.59 Å². The van der Waals surface area contributed by atoms with E-state index in [1.165, 1.54) is 0 Å². The number of rotatable bonds is 4. The number of methoxy groups -OCH3 is 1. The van der Waals surface area contributed by atoms with Crippen LogP contribution < -0.4 is 15.6 Å². The summed E-state index contributed by atoms with van der Waals surface area (Å²) in [5, 5.41) is 7.09. The molecule has 7 nitrogen and oxygen atoms in total. The van der Waals surface area contributed by atoms with Crippen LogP contribution in [0.4, 0.5) is 5.69 Å². The highest BCUT2D eigenvalue weighted by Gasteiger charge is 2.14. The number of hydrogen-bond donors (Lipinski definition) is 1. The third-order valence-electron chi connectivity index (χ3n) is 4.53. The van der Waals surface area contributed by atoms with Crippen molar-refractivity contribution in [3.05, 3.63) is 70.6 Å². The van der Waals surface area contributed by atoms with E-state index in [9.17, 15) is 9.59 Å². The Morgan fingerprint density at radius 3 is 2.56 bits per heavy atom. The largest absolute Gasteiger partial charge is 0.497 e. The van der Waals surface area contributed by atoms with Crippen LogP contribution in [0, 0.1) is 0 Å². The maximum atomic E-state index is 12.7. The van der Waals surface area contributed by atoms with E-state index >= 15 is 0 Å². The van der Waals surface area contributed by atoms with Crippen LogP contribution in [-0.4, -0.2) is 27.2 Å². The molecule has 0 fully saturated rings. The first-order valence-electron chi connectivity index (χ1n) is 8.58. The van der Waals surface area contributed by atoms with Gasteiger partial charge in [-0.15, -0.1) is 0 Å². The quantitative estimate of drug-likeness (QED) is 0.605. The number of amides is 1. The summed E-state index contributed by atoms with van der Waals surface area (Å²) < 4.78 is 8.37. The fraction of sp³-hybridized carbons (Fsp3) is 0.150. The van der Waals surface area contributed by atoms with Gasteiger partial charge >= 0.3 is 0 Å². The second-order valence-corrected chi connectivity index (χ2v) is 6.06. The van der Waals surface area contributed by atoms with Crippen LogP contribution in [0.1, 0.15) is 17.3 Å². The van der Waals surface area contributed by atoms with E-state index in [0.29, 0.717) is 34.6 Å². The van der Waals surface area contributed by atoms with E-state index in [2.05, 4.69) is 10.4 Å². The number of anilines is 1. The van der Waals surface area contributed by atoms with Crippen LogP contribution in [0.25, 0.3) is 16.6 Å². The van der Waals surface area contributed by atoms with E-state index in [1.54, 1.807) is 64.9 Å². The summed E-state index contributed by atoms with van der Waals surface area (Å²) in [6, 6.07) is 14.0. The van der Waals surface area contributed by atoms with E-state index in [0.717, 1.165) is 5.52 Å². The Hall–Kier alpha value is -3.61. The molecule has 4 rings (SSSR count). The van der Waals surface area contributed by atoms with E-state index in [-0.39, 0.29) is 11.5 Å². The van der Waals surface area contributed by atoms with Gasteiger partial charge in [0.2, 0.25) is 0 Å². The molecule has 1 N–H and O–H groups in total. The minimum absolute atomic E-state index is 0.129. The zero-order chi connectivity index (χ0) is 19.0. The van der Waals surface area contributed by atoms with Crippen molar-refractivity contribution in [2.24, 2.45) is 0 Å². The van der Waals surface area contributed by atoms with Crippen molar-refractivity contribution in [2.75, 3.05) is 12.4 Å². The van der Waals surface area contributed by atoms with Crippen LogP contribution in [0.2, 0.25) is 0 Å². The zero-order valence-corrected chi connectivity index (χ0v) is 15.0. The molecule has 0 aliphatic rings. The summed E-state index contributed by atoms with van der Waals surface area (Å²) in [7, 11) is 1.59. The number of nitrogens with one attached hydrogen (secondary N) is 1. The fourth-order valence-electron chi connectivity index (χ4n) is 3.16. The number of aryl methyl sites for hydroxylation is 1. The molecule has 2 aromatic carbocycles. The number of fused-ring (bicyclic) bond motifs is 3. The monoisotopic (exact) mass is 362 g/mol. The number of nitrogens with zero attached hydrogens (tertiary/aromatic N) is 3. The Morgan fingerprint density at radius 1 is 1.07 bits per heavy atom. The van der Waals surface area contributed by atoms with Gasteiger partial charge in [0.25, 0.3) is 11.5 Å². The lowest BCUT2D eigenvalue weighted by Gasteiger charge is -2.12. The maximum absolute atomic E-state index is 12.7. The molecule has 0 aliphatic heterocycles. The van der Waals surface area contributed by atoms with Gasteiger partial charge in [-0.1, -0.05) is 0 Å². The molecular weight excluding hydrogens is 344 g/mol. The molecule has 2 aromatic heterocycles. The predicted octanol–water partition coefficient (Wildman–Crippen LogP) is 2.93. The topological polar surface area (TPSA) is 77.6 Å². The van der Waals surface area contributed by atoms with Crippen molar-refractivity contribution in [3.63, 3.8) is 0 Å². The molecule has 27 heavy (non-hydrogen) atoms. The highest BCUT2D eigenvalue weighted by Crippen LogP contribution is 2.19. The SMILES string of the molecule is CCn1c(=O)c2ccnn2c2ccc(C(=O)Nc3ccc(OC)cc3)cc21. The standard InChI is InChI=1S/C20H18N4O3/c1-3-23-18-12-13(19(25)22-14-5-7-15(27-2)8-6-14)4-9-16(18)24-17(20(23)26)10-11-21-24/h4-12H,3H2,1-2H3,(H,22,25). The molecule has 2 heterocycles. The average molecular weight is 362 g/mol. The molecule has 0 radical (unpaired) electrons. The first kappa shape index (κ1) is 16.8. The lowest BCUT2D eigenvalue weighted by Crippen LogP contribution is -2.22. The van der Waals surface area contributed by atoms with Gasteiger partial charge in [0.05, 0.1) is 24.3 Å². The fourth-order valence-corrected chi connectivity index (χ4v) is 3.16. The van der Waals surface area contributed by atoms with Gasteiger partial charge in [0.1, 0.15) is 11.3 Å². The van der Waals surface area contributed by atoms with Crippen LogP contribution in [-0.2, 0) is 6.54 Å². The first-order chi connectivity index (χ1) is 13.1. The number of hydrogen-bond acceptors (Lipinski definition) is 4. The molecule has 0 atom stereocenters. The minimum atomic E-state index is -0.252. The van der Waals surface area contributed by atoms with E-state index in [1.807, 2.05) is 13.0 Å². The number of benzene rings is 2. The van der Waals surface area contributed by atoms with Crippen LogP contribution >= 0.6 is 0 Å². The van der Waals surface area contributed by atoms with Crippen LogP contribution in [0.3, 0.4) is 0 Å². The number of carbonyl (C=O) groups excluding carboxylic acids is 1. The van der Waals surface area contributed by atoms with Crippen molar-refractivity contribution < 1.29 is 9.53 Å². The summed E-state index contributed by atoms with van der Waals surface area (Å²) in [5.41, 5.74) is 2.95. The highest BCUT2D eigenvalue weighted by molar-refractivity contribution is 6.06. The second kappa shape index (κ2) is 6.60. The van der Waals surface area contributed by atoms with Crippen molar-refractivity contribution in [1.29, 1.82) is 0 Å². The van der Waals surface area contributed by atoms with Gasteiger partial charge in [-0.05, 0) is 55.5 Å². The third kappa shape index (κ3) is 2.83. The molecule has 0 bridgehead atoms. The first-order valence-corrected chi connectivity index (χ1v) is 8.58. The molecule has 7 heteroatoms. The van der Waals surface area contributed by atoms with Gasteiger partial charge < -0.3 is 14.6 Å². The molecule has 0 saturated heterocycles. The number of aromatic nitrogens is 3. The molecule has 0 spiro atoms. The number of carbonyl (C=O) groups is 1. The smallest absolute Gasteiger partial charge is 0.277 e. The van der Waals surface area contributed by atoms with Gasteiger partial charge in [0, 0.05) is 17.8 Å². The van der Waals surface area contributed by atoms with Crippen molar-refractivity contribution in [1.82, 2.24) is 14.2 Å². The van der Waals surface area contributed by atoms with Gasteiger partial charge in [-0.25, -0.2) is 4.52 Å². The second-order valence-electron chi connectivity index (χ2n) is 6.06. The molecule has 136 valence electrons. The van der Waals surface area contributed by atoms with Crippen molar-refractivity contribution >= 4 is 28.1 Å². The Balaban J connectivity index is 1.77. The summed E-state index contributed by atoms with van der Waals surface area (Å²) in [4.78, 5) is 25.3. The normalized spacial score (nSPS) is 11.0. The van der Waals surface area contributed by atoms with Crippen LogP contribution in [0.5, 0.6) is 5.75 Å². The van der Waals surface area contributed by atoms with Crippen LogP contribution in [0.15, 0.2) is 59.5 Å². The Bertz CT molecular complexity index is 1210. The van der Waals surface area contributed by atoms with E-state index < -0.39 is 0 Å². The molecular formula is C20H18N4O3. The van der Waals surface area contributed by atoms with Crippen molar-refractivity contribution in [2.45, 2.75) is 13.5 Å². The van der Waals surface area contributed by atoms with Gasteiger partial charge in [0.15, 0.2) is 0 Å². The van der Waals surface area contributed by atoms with E-state index in [4.69, 9.17) is 4.74 Å². The third-order valence-corrected chi connectivity index (χ3v) is 4.53. The molecule has 0 aliphatic carbocycles. The summed E-state index contributed by atoms with van der Waals surface area (Å²) >= 11 is 0. The summed E-state index contributed by atoms with van der Waals surface area (Å²) in [6.45, 7) is 2.40. The predicted molar refractivity (Wildman–Crippen MR) is 104 cm³/mol. The highest BCUT2D eigenvalue weighted by atomic mass is 16.5. The summed E-state index contributed by atoms with van der Waals surface area (Å²) in [6.07, 6.45) is 1.60. The molecule has 1 amide bonds. The number of ether oxygens (including phenoxy) is 1. The molecule has 0 saturated carbocycles. The Morgan fingerprint density at radius 2 is 1.85 bits per heavy atom. The zero-order valence-electron chi connectivity index (χ0n) is 15.0. The lowest BCUT2D eigenvalue weighted by molar-refractivity contribution is 0.102.